The first-order chi connectivity index (χ1) is 15.5. The Balaban J connectivity index is 1.32. The van der Waals surface area contributed by atoms with E-state index in [1.165, 1.54) is 0 Å². The number of piperidine rings is 1. The lowest BCUT2D eigenvalue weighted by atomic mass is 9.80. The van der Waals surface area contributed by atoms with Crippen molar-refractivity contribution in [3.8, 4) is 22.6 Å². The summed E-state index contributed by atoms with van der Waals surface area (Å²) in [4.78, 5) is 2.16. The Morgan fingerprint density at radius 3 is 2.16 bits per heavy atom. The van der Waals surface area contributed by atoms with Crippen molar-refractivity contribution in [3.63, 3.8) is 0 Å². The van der Waals surface area contributed by atoms with Crippen molar-refractivity contribution in [2.75, 3.05) is 39.5 Å². The van der Waals surface area contributed by atoms with E-state index in [2.05, 4.69) is 11.0 Å². The zero-order valence-electron chi connectivity index (χ0n) is 18.2. The molecule has 3 aromatic carbocycles. The molecule has 1 aliphatic rings. The smallest absolute Gasteiger partial charge is 0.120 e. The molecule has 0 saturated carbocycles. The summed E-state index contributed by atoms with van der Waals surface area (Å²) in [5.41, 5.74) is 1.74. The lowest BCUT2D eigenvalue weighted by Crippen LogP contribution is -2.46. The van der Waals surface area contributed by atoms with Gasteiger partial charge in [0.25, 0.3) is 0 Å². The van der Waals surface area contributed by atoms with Gasteiger partial charge in [0.1, 0.15) is 24.2 Å². The van der Waals surface area contributed by atoms with Crippen LogP contribution in [0.2, 0.25) is 0 Å². The molecular formula is C26H31NO5. The van der Waals surface area contributed by atoms with Crippen LogP contribution in [-0.4, -0.2) is 70.9 Å². The summed E-state index contributed by atoms with van der Waals surface area (Å²) < 4.78 is 5.84. The number of hydrogen-bond donors (Lipinski definition) is 4. The molecule has 6 nitrogen and oxygen atoms in total. The van der Waals surface area contributed by atoms with Gasteiger partial charge < -0.3 is 30.1 Å². The zero-order valence-corrected chi connectivity index (χ0v) is 18.2. The number of phenols is 1. The number of ether oxygens (including phenoxy) is 1. The molecule has 4 rings (SSSR count). The van der Waals surface area contributed by atoms with Gasteiger partial charge in [0.05, 0.1) is 13.2 Å². The fraction of sp³-hybridized carbons (Fsp3) is 0.385. The molecule has 3 aromatic rings. The quantitative estimate of drug-likeness (QED) is 0.433. The first-order valence-corrected chi connectivity index (χ1v) is 11.1. The number of rotatable bonds is 8. The predicted molar refractivity (Wildman–Crippen MR) is 125 cm³/mol. The molecule has 0 aromatic heterocycles. The van der Waals surface area contributed by atoms with Gasteiger partial charge in [0.15, 0.2) is 0 Å². The Morgan fingerprint density at radius 2 is 1.47 bits per heavy atom. The first kappa shape index (κ1) is 22.6. The van der Waals surface area contributed by atoms with E-state index in [9.17, 15) is 20.4 Å². The van der Waals surface area contributed by atoms with E-state index in [1.807, 2.05) is 42.5 Å². The van der Waals surface area contributed by atoms with Crippen LogP contribution in [0, 0.1) is 5.41 Å². The number of aliphatic hydroxyl groups excluding tert-OH is 3. The van der Waals surface area contributed by atoms with Crippen molar-refractivity contribution in [2.45, 2.75) is 18.9 Å². The minimum atomic E-state index is -0.613. The fourth-order valence-corrected chi connectivity index (χ4v) is 4.27. The Bertz CT molecular complexity index is 1020. The molecule has 32 heavy (non-hydrogen) atoms. The highest BCUT2D eigenvalue weighted by Gasteiger charge is 2.33. The number of likely N-dealkylation sites (tertiary alicyclic amines) is 1. The van der Waals surface area contributed by atoms with Crippen molar-refractivity contribution >= 4 is 10.8 Å². The van der Waals surface area contributed by atoms with Gasteiger partial charge in [-0.3, -0.25) is 0 Å². The van der Waals surface area contributed by atoms with Gasteiger partial charge >= 0.3 is 0 Å². The number of benzene rings is 3. The summed E-state index contributed by atoms with van der Waals surface area (Å²) in [5.74, 6) is 0.967. The van der Waals surface area contributed by atoms with E-state index < -0.39 is 6.10 Å². The monoisotopic (exact) mass is 437 g/mol. The second-order valence-electron chi connectivity index (χ2n) is 8.85. The summed E-state index contributed by atoms with van der Waals surface area (Å²) in [7, 11) is 0. The van der Waals surface area contributed by atoms with Crippen LogP contribution in [-0.2, 0) is 0 Å². The summed E-state index contributed by atoms with van der Waals surface area (Å²) >= 11 is 0. The van der Waals surface area contributed by atoms with Gasteiger partial charge in [0, 0.05) is 12.0 Å². The predicted octanol–water partition coefficient (Wildman–Crippen LogP) is 3.02. The minimum Gasteiger partial charge on any atom is -0.508 e. The molecule has 1 heterocycles. The summed E-state index contributed by atoms with van der Waals surface area (Å²) in [6.45, 7) is 2.22. The highest BCUT2D eigenvalue weighted by molar-refractivity contribution is 5.88. The number of nitrogens with zero attached hydrogens (tertiary/aromatic N) is 1. The maximum Gasteiger partial charge on any atom is 0.120 e. The van der Waals surface area contributed by atoms with Crippen LogP contribution in [0.25, 0.3) is 21.9 Å². The number of β-amino-alcohol motifs (C(OH)–C–C–N with tert-alkyl or cyclic N) is 1. The van der Waals surface area contributed by atoms with Gasteiger partial charge in [-0.1, -0.05) is 30.3 Å². The molecule has 1 saturated heterocycles. The van der Waals surface area contributed by atoms with Crippen LogP contribution in [0.3, 0.4) is 0 Å². The van der Waals surface area contributed by atoms with Crippen LogP contribution in [0.1, 0.15) is 12.8 Å². The van der Waals surface area contributed by atoms with Gasteiger partial charge in [0.2, 0.25) is 0 Å². The third-order valence-corrected chi connectivity index (χ3v) is 6.51. The van der Waals surface area contributed by atoms with Gasteiger partial charge in [-0.05, 0) is 78.2 Å². The normalized spacial score (nSPS) is 17.3. The number of phenolic OH excluding ortho intramolecular Hbond substituents is 1. The van der Waals surface area contributed by atoms with Crippen molar-refractivity contribution in [3.05, 3.63) is 60.7 Å². The van der Waals surface area contributed by atoms with Gasteiger partial charge in [-0.15, -0.1) is 0 Å². The Morgan fingerprint density at radius 1 is 0.844 bits per heavy atom. The van der Waals surface area contributed by atoms with Crippen LogP contribution >= 0.6 is 0 Å². The first-order valence-electron chi connectivity index (χ1n) is 11.1. The number of aliphatic hydroxyl groups is 3. The molecular weight excluding hydrogens is 406 g/mol. The van der Waals surface area contributed by atoms with Crippen LogP contribution < -0.4 is 4.74 Å². The molecule has 1 atom stereocenters. The van der Waals surface area contributed by atoms with Crippen molar-refractivity contribution in [2.24, 2.45) is 5.41 Å². The maximum atomic E-state index is 10.4. The van der Waals surface area contributed by atoms with E-state index in [0.29, 0.717) is 12.3 Å². The highest BCUT2D eigenvalue weighted by atomic mass is 16.5. The molecule has 6 heteroatoms. The third kappa shape index (κ3) is 5.22. The molecule has 4 N–H and O–H groups in total. The van der Waals surface area contributed by atoms with Crippen LogP contribution in [0.15, 0.2) is 60.7 Å². The number of hydrogen-bond acceptors (Lipinski definition) is 6. The van der Waals surface area contributed by atoms with Gasteiger partial charge in [-0.25, -0.2) is 0 Å². The molecule has 1 aliphatic heterocycles. The van der Waals surface area contributed by atoms with Crippen molar-refractivity contribution < 1.29 is 25.2 Å². The Hall–Kier alpha value is -2.64. The molecule has 170 valence electrons. The molecule has 0 amide bonds. The number of aromatic hydroxyl groups is 1. The molecule has 0 bridgehead atoms. The standard InChI is InChI=1S/C26H31NO5/c28-17-26(18-29)9-11-27(12-10-26)15-24(31)16-32-25-8-5-21-13-20(1-2-22(21)14-25)19-3-6-23(30)7-4-19/h1-8,13-14,24,28-31H,9-12,15-18H2. The molecule has 0 aliphatic carbocycles. The van der Waals surface area contributed by atoms with E-state index in [1.54, 1.807) is 12.1 Å². The van der Waals surface area contributed by atoms with E-state index >= 15 is 0 Å². The molecule has 0 spiro atoms. The zero-order chi connectivity index (χ0) is 22.6. The Labute approximate surface area is 188 Å². The Kier molecular flexibility index (Phi) is 6.96. The second-order valence-corrected chi connectivity index (χ2v) is 8.85. The second kappa shape index (κ2) is 9.88. The lowest BCUT2D eigenvalue weighted by molar-refractivity contribution is -0.0156. The molecule has 1 fully saturated rings. The average Bonchev–Trinajstić information content (AvgIpc) is 2.83. The summed E-state index contributed by atoms with van der Waals surface area (Å²) in [5, 5.41) is 41.1. The maximum absolute atomic E-state index is 10.4. The van der Waals surface area contributed by atoms with Crippen molar-refractivity contribution in [1.82, 2.24) is 4.90 Å². The largest absolute Gasteiger partial charge is 0.508 e. The van der Waals surface area contributed by atoms with E-state index in [4.69, 9.17) is 4.74 Å². The van der Waals surface area contributed by atoms with E-state index in [0.717, 1.165) is 47.8 Å². The number of fused-ring (bicyclic) bond motifs is 1. The lowest BCUT2D eigenvalue weighted by Gasteiger charge is -2.40. The van der Waals surface area contributed by atoms with Crippen LogP contribution in [0.5, 0.6) is 11.5 Å². The SMILES string of the molecule is OCC1(CO)CCN(CC(O)COc2ccc3cc(-c4ccc(O)cc4)ccc3c2)CC1. The summed E-state index contributed by atoms with van der Waals surface area (Å²) in [6.07, 6.45) is 0.840. The van der Waals surface area contributed by atoms with Gasteiger partial charge in [-0.2, -0.15) is 0 Å². The van der Waals surface area contributed by atoms with E-state index in [-0.39, 0.29) is 31.0 Å². The minimum absolute atomic E-state index is 0.00139. The topological polar surface area (TPSA) is 93.4 Å². The average molecular weight is 438 g/mol. The van der Waals surface area contributed by atoms with Crippen molar-refractivity contribution in [1.29, 1.82) is 0 Å². The highest BCUT2D eigenvalue weighted by Crippen LogP contribution is 2.31. The fourth-order valence-electron chi connectivity index (χ4n) is 4.27. The molecule has 1 unspecified atom stereocenters. The molecule has 0 radical (unpaired) electrons. The summed E-state index contributed by atoms with van der Waals surface area (Å²) in [6, 6.07) is 19.2. The third-order valence-electron chi connectivity index (χ3n) is 6.51. The van der Waals surface area contributed by atoms with Crippen LogP contribution in [0.4, 0.5) is 0 Å².